The van der Waals surface area contributed by atoms with Crippen molar-refractivity contribution < 1.29 is 4.39 Å². The summed E-state index contributed by atoms with van der Waals surface area (Å²) < 4.78 is 14.4. The van der Waals surface area contributed by atoms with Crippen molar-refractivity contribution in [3.8, 4) is 5.69 Å². The number of halogens is 1. The quantitative estimate of drug-likeness (QED) is 0.690. The monoisotopic (exact) mass is 191 g/mol. The van der Waals surface area contributed by atoms with E-state index >= 15 is 0 Å². The van der Waals surface area contributed by atoms with Crippen molar-refractivity contribution in [2.75, 3.05) is 0 Å². The number of aromatic nitrogens is 3. The molecule has 4 heteroatoms. The molecule has 0 aliphatic heterocycles. The van der Waals surface area contributed by atoms with Gasteiger partial charge >= 0.3 is 0 Å². The number of hydrogen-bond donors (Lipinski definition) is 0. The second kappa shape index (κ2) is 3.21. The first kappa shape index (κ1) is 8.87. The average Bonchev–Trinajstić information content (AvgIpc) is 2.50. The van der Waals surface area contributed by atoms with Crippen LogP contribution >= 0.6 is 0 Å². The molecule has 0 spiro atoms. The maximum atomic E-state index is 12.7. The molecule has 0 bridgehead atoms. The number of rotatable bonds is 1. The van der Waals surface area contributed by atoms with Crippen LogP contribution in [0.5, 0.6) is 0 Å². The maximum Gasteiger partial charge on any atom is 0.123 e. The molecule has 0 saturated carbocycles. The highest BCUT2D eigenvalue weighted by Crippen LogP contribution is 2.11. The minimum atomic E-state index is -0.247. The van der Waals surface area contributed by atoms with Gasteiger partial charge in [0, 0.05) is 0 Å². The van der Waals surface area contributed by atoms with Gasteiger partial charge in [-0.15, -0.1) is 5.10 Å². The first-order valence-electron chi connectivity index (χ1n) is 4.33. The molecule has 0 amide bonds. The van der Waals surface area contributed by atoms with Gasteiger partial charge in [-0.2, -0.15) is 0 Å². The van der Waals surface area contributed by atoms with Crippen molar-refractivity contribution in [1.29, 1.82) is 0 Å². The highest BCUT2D eigenvalue weighted by Gasteiger charge is 2.05. The van der Waals surface area contributed by atoms with Crippen LogP contribution in [0.1, 0.15) is 11.4 Å². The highest BCUT2D eigenvalue weighted by molar-refractivity contribution is 5.32. The lowest BCUT2D eigenvalue weighted by Crippen LogP contribution is -1.98. The van der Waals surface area contributed by atoms with Crippen molar-refractivity contribution >= 4 is 0 Å². The van der Waals surface area contributed by atoms with Crippen LogP contribution in [0, 0.1) is 19.7 Å². The van der Waals surface area contributed by atoms with Crippen LogP contribution in [0.15, 0.2) is 24.3 Å². The summed E-state index contributed by atoms with van der Waals surface area (Å²) in [5.41, 5.74) is 2.68. The van der Waals surface area contributed by atoms with Crippen LogP contribution in [-0.2, 0) is 0 Å². The van der Waals surface area contributed by atoms with Gasteiger partial charge < -0.3 is 0 Å². The number of benzene rings is 1. The highest BCUT2D eigenvalue weighted by atomic mass is 19.1. The van der Waals surface area contributed by atoms with Crippen molar-refractivity contribution in [2.45, 2.75) is 13.8 Å². The van der Waals surface area contributed by atoms with E-state index in [2.05, 4.69) is 10.3 Å². The van der Waals surface area contributed by atoms with Gasteiger partial charge in [-0.1, -0.05) is 5.21 Å². The zero-order chi connectivity index (χ0) is 10.1. The molecule has 0 unspecified atom stereocenters. The lowest BCUT2D eigenvalue weighted by Gasteiger charge is -2.02. The van der Waals surface area contributed by atoms with E-state index in [1.54, 1.807) is 16.8 Å². The Bertz CT molecular complexity index is 445. The van der Waals surface area contributed by atoms with Gasteiger partial charge in [-0.25, -0.2) is 9.07 Å². The third-order valence-electron chi connectivity index (χ3n) is 2.20. The van der Waals surface area contributed by atoms with Gasteiger partial charge in [0.05, 0.1) is 17.1 Å². The van der Waals surface area contributed by atoms with E-state index in [1.165, 1.54) is 12.1 Å². The van der Waals surface area contributed by atoms with Crippen molar-refractivity contribution in [3.05, 3.63) is 41.5 Å². The van der Waals surface area contributed by atoms with E-state index in [1.807, 2.05) is 13.8 Å². The molecule has 1 aromatic heterocycles. The summed E-state index contributed by atoms with van der Waals surface area (Å²) in [6.07, 6.45) is 0. The Kier molecular flexibility index (Phi) is 2.04. The number of nitrogens with zero attached hydrogens (tertiary/aromatic N) is 3. The van der Waals surface area contributed by atoms with Crippen LogP contribution < -0.4 is 0 Å². The maximum absolute atomic E-state index is 12.7. The third-order valence-corrected chi connectivity index (χ3v) is 2.20. The molecule has 72 valence electrons. The largest absolute Gasteiger partial charge is 0.218 e. The lowest BCUT2D eigenvalue weighted by atomic mass is 10.3. The van der Waals surface area contributed by atoms with E-state index in [0.29, 0.717) is 0 Å². The number of aryl methyl sites for hydroxylation is 1. The molecule has 0 N–H and O–H groups in total. The SMILES string of the molecule is Cc1nnn(-c2ccc(F)cc2)c1C. The fourth-order valence-corrected chi connectivity index (χ4v) is 1.23. The van der Waals surface area contributed by atoms with Gasteiger partial charge in [0.25, 0.3) is 0 Å². The summed E-state index contributed by atoms with van der Waals surface area (Å²) >= 11 is 0. The van der Waals surface area contributed by atoms with Gasteiger partial charge in [-0.05, 0) is 38.1 Å². The Hall–Kier alpha value is -1.71. The first-order valence-corrected chi connectivity index (χ1v) is 4.33. The summed E-state index contributed by atoms with van der Waals surface area (Å²) in [7, 11) is 0. The fourth-order valence-electron chi connectivity index (χ4n) is 1.23. The van der Waals surface area contributed by atoms with Crippen molar-refractivity contribution in [2.24, 2.45) is 0 Å². The van der Waals surface area contributed by atoms with Gasteiger partial charge in [0.1, 0.15) is 5.82 Å². The Labute approximate surface area is 81.2 Å². The van der Waals surface area contributed by atoms with Crippen molar-refractivity contribution in [1.82, 2.24) is 15.0 Å². The summed E-state index contributed by atoms with van der Waals surface area (Å²) in [5, 5.41) is 7.89. The molecule has 2 aromatic rings. The van der Waals surface area contributed by atoms with Crippen molar-refractivity contribution in [3.63, 3.8) is 0 Å². The van der Waals surface area contributed by atoms with Crippen LogP contribution in [-0.4, -0.2) is 15.0 Å². The smallest absolute Gasteiger partial charge is 0.123 e. The standard InChI is InChI=1S/C10H10FN3/c1-7-8(2)14(13-12-7)10-5-3-9(11)4-6-10/h3-6H,1-2H3. The second-order valence-corrected chi connectivity index (χ2v) is 3.15. The van der Waals surface area contributed by atoms with E-state index in [4.69, 9.17) is 0 Å². The Balaban J connectivity index is 2.49. The topological polar surface area (TPSA) is 30.7 Å². The summed E-state index contributed by atoms with van der Waals surface area (Å²) in [6.45, 7) is 3.82. The molecule has 0 fully saturated rings. The fraction of sp³-hybridized carbons (Fsp3) is 0.200. The van der Waals surface area contributed by atoms with Gasteiger partial charge in [-0.3, -0.25) is 0 Å². The van der Waals surface area contributed by atoms with Crippen LogP contribution in [0.3, 0.4) is 0 Å². The molecule has 1 heterocycles. The molecular formula is C10H10FN3. The van der Waals surface area contributed by atoms with Crippen LogP contribution in [0.2, 0.25) is 0 Å². The van der Waals surface area contributed by atoms with E-state index in [0.717, 1.165) is 17.1 Å². The minimum absolute atomic E-state index is 0.247. The molecule has 0 saturated heterocycles. The Morgan fingerprint density at radius 3 is 2.29 bits per heavy atom. The summed E-state index contributed by atoms with van der Waals surface area (Å²) in [5.74, 6) is -0.247. The average molecular weight is 191 g/mol. The predicted molar refractivity (Wildman–Crippen MR) is 50.8 cm³/mol. The van der Waals surface area contributed by atoms with Crippen LogP contribution in [0.25, 0.3) is 5.69 Å². The normalized spacial score (nSPS) is 10.5. The molecule has 0 aliphatic rings. The third kappa shape index (κ3) is 1.39. The summed E-state index contributed by atoms with van der Waals surface area (Å²) in [4.78, 5) is 0. The lowest BCUT2D eigenvalue weighted by molar-refractivity contribution is 0.626. The zero-order valence-electron chi connectivity index (χ0n) is 8.03. The van der Waals surface area contributed by atoms with Gasteiger partial charge in [0.2, 0.25) is 0 Å². The second-order valence-electron chi connectivity index (χ2n) is 3.15. The van der Waals surface area contributed by atoms with E-state index in [-0.39, 0.29) is 5.82 Å². The molecule has 3 nitrogen and oxygen atoms in total. The Morgan fingerprint density at radius 2 is 1.79 bits per heavy atom. The molecule has 14 heavy (non-hydrogen) atoms. The molecule has 1 aromatic carbocycles. The first-order chi connectivity index (χ1) is 6.68. The zero-order valence-corrected chi connectivity index (χ0v) is 8.03. The van der Waals surface area contributed by atoms with Gasteiger partial charge in [0.15, 0.2) is 0 Å². The van der Waals surface area contributed by atoms with E-state index < -0.39 is 0 Å². The molecular weight excluding hydrogens is 181 g/mol. The molecule has 0 aliphatic carbocycles. The molecule has 2 rings (SSSR count). The molecule has 0 atom stereocenters. The van der Waals surface area contributed by atoms with E-state index in [9.17, 15) is 4.39 Å². The Morgan fingerprint density at radius 1 is 1.14 bits per heavy atom. The number of hydrogen-bond acceptors (Lipinski definition) is 2. The molecule has 0 radical (unpaired) electrons. The summed E-state index contributed by atoms with van der Waals surface area (Å²) in [6, 6.07) is 6.17. The van der Waals surface area contributed by atoms with Crippen LogP contribution in [0.4, 0.5) is 4.39 Å². The minimum Gasteiger partial charge on any atom is -0.218 e. The predicted octanol–water partition coefficient (Wildman–Crippen LogP) is 2.02.